The Morgan fingerprint density at radius 2 is 1.88 bits per heavy atom. The van der Waals surface area contributed by atoms with Gasteiger partial charge in [0.25, 0.3) is 0 Å². The van der Waals surface area contributed by atoms with E-state index in [9.17, 15) is 27.2 Å². The van der Waals surface area contributed by atoms with Crippen LogP contribution >= 0.6 is 12.1 Å². The van der Waals surface area contributed by atoms with Crippen molar-refractivity contribution in [2.24, 2.45) is 0 Å². The van der Waals surface area contributed by atoms with Crippen LogP contribution in [0.15, 0.2) is 61.2 Å². The number of allylic oxidation sites excluding steroid dienone is 5. The van der Waals surface area contributed by atoms with E-state index in [0.29, 0.717) is 35.6 Å². The summed E-state index contributed by atoms with van der Waals surface area (Å²) < 4.78 is 72.8. The van der Waals surface area contributed by atoms with Gasteiger partial charge in [-0.3, -0.25) is 9.55 Å². The van der Waals surface area contributed by atoms with Gasteiger partial charge < -0.3 is 4.72 Å². The first-order valence-electron chi connectivity index (χ1n) is 12.6. The number of hydrogen-bond acceptors (Lipinski definition) is 6. The Bertz CT molecular complexity index is 1350. The minimum Gasteiger partial charge on any atom is -0.315 e. The zero-order valence-corrected chi connectivity index (χ0v) is 24.0. The molecule has 0 spiro atoms. The van der Waals surface area contributed by atoms with E-state index in [1.165, 1.54) is 30.5 Å². The van der Waals surface area contributed by atoms with E-state index in [2.05, 4.69) is 32.1 Å². The van der Waals surface area contributed by atoms with Crippen LogP contribution in [0.5, 0.6) is 0 Å². The van der Waals surface area contributed by atoms with Gasteiger partial charge in [-0.2, -0.15) is 18.4 Å². The number of pyridine rings is 2. The predicted molar refractivity (Wildman–Crippen MR) is 154 cm³/mol. The second-order valence-corrected chi connectivity index (χ2v) is 8.13. The number of nitrogens with one attached hydrogen (secondary N) is 2. The van der Waals surface area contributed by atoms with Crippen LogP contribution in [0.4, 0.5) is 27.6 Å². The SMILES string of the molecule is C=C/C=C(F)\C=C(/CC)n1c(-c2ccc(NSNC(C)C(F)(F)F)cn2)c(C#N)c2cc(F)cnc21.CC.CC. The smallest absolute Gasteiger partial charge is 0.315 e. The van der Waals surface area contributed by atoms with E-state index in [4.69, 9.17) is 0 Å². The third-order valence-electron chi connectivity index (χ3n) is 5.02. The van der Waals surface area contributed by atoms with Crippen molar-refractivity contribution in [3.05, 3.63) is 72.6 Å². The average molecular weight is 581 g/mol. The number of nitrogens with zero attached hydrogens (tertiary/aromatic N) is 4. The van der Waals surface area contributed by atoms with E-state index in [-0.39, 0.29) is 22.3 Å². The Balaban J connectivity index is 0.00000191. The van der Waals surface area contributed by atoms with Crippen molar-refractivity contribution in [1.29, 1.82) is 5.26 Å². The molecule has 3 heterocycles. The highest BCUT2D eigenvalue weighted by Gasteiger charge is 2.35. The van der Waals surface area contributed by atoms with Gasteiger partial charge in [-0.25, -0.2) is 18.5 Å². The molecule has 0 aliphatic carbocycles. The third-order valence-corrected chi connectivity index (χ3v) is 5.83. The molecule has 0 aromatic carbocycles. The van der Waals surface area contributed by atoms with Gasteiger partial charge in [0.1, 0.15) is 29.4 Å². The van der Waals surface area contributed by atoms with Gasteiger partial charge in [0, 0.05) is 23.2 Å². The molecule has 40 heavy (non-hydrogen) atoms. The molecule has 216 valence electrons. The molecule has 0 fully saturated rings. The predicted octanol–water partition coefficient (Wildman–Crippen LogP) is 8.97. The Hall–Kier alpha value is -3.69. The largest absolute Gasteiger partial charge is 0.404 e. The maximum atomic E-state index is 14.4. The molecule has 12 heteroatoms. The van der Waals surface area contributed by atoms with Crippen molar-refractivity contribution in [3.63, 3.8) is 0 Å². The van der Waals surface area contributed by atoms with Crippen LogP contribution in [0.3, 0.4) is 0 Å². The van der Waals surface area contributed by atoms with Crippen LogP contribution in [-0.4, -0.2) is 26.8 Å². The number of aromatic nitrogens is 3. The van der Waals surface area contributed by atoms with Gasteiger partial charge in [0.15, 0.2) is 0 Å². The summed E-state index contributed by atoms with van der Waals surface area (Å²) in [5.74, 6) is -1.23. The normalized spacial score (nSPS) is 12.4. The lowest BCUT2D eigenvalue weighted by Gasteiger charge is -2.16. The monoisotopic (exact) mass is 580 g/mol. The zero-order chi connectivity index (χ0) is 30.5. The molecule has 0 aliphatic heterocycles. The summed E-state index contributed by atoms with van der Waals surface area (Å²) in [6, 6.07) is 4.59. The average Bonchev–Trinajstić information content (AvgIpc) is 3.27. The molecule has 6 nitrogen and oxygen atoms in total. The second kappa shape index (κ2) is 16.4. The highest BCUT2D eigenvalue weighted by atomic mass is 32.2. The first-order chi connectivity index (χ1) is 19.1. The lowest BCUT2D eigenvalue weighted by molar-refractivity contribution is -0.146. The number of fused-ring (bicyclic) bond motifs is 1. The van der Waals surface area contributed by atoms with Gasteiger partial charge >= 0.3 is 6.18 Å². The van der Waals surface area contributed by atoms with Gasteiger partial charge in [-0.1, -0.05) is 47.3 Å². The van der Waals surface area contributed by atoms with Gasteiger partial charge in [-0.15, -0.1) is 0 Å². The molecule has 0 radical (unpaired) electrons. The molecule has 3 aromatic heterocycles. The molecular weight excluding hydrogens is 547 g/mol. The number of halogens is 5. The third kappa shape index (κ3) is 8.66. The Morgan fingerprint density at radius 1 is 1.20 bits per heavy atom. The number of anilines is 1. The van der Waals surface area contributed by atoms with Gasteiger partial charge in [0.05, 0.1) is 35.0 Å². The van der Waals surface area contributed by atoms with Crippen LogP contribution in [0.2, 0.25) is 0 Å². The highest BCUT2D eigenvalue weighted by Crippen LogP contribution is 2.36. The second-order valence-electron chi connectivity index (χ2n) is 7.49. The summed E-state index contributed by atoms with van der Waals surface area (Å²) in [4.78, 5) is 8.49. The maximum absolute atomic E-state index is 14.4. The molecule has 0 amide bonds. The van der Waals surface area contributed by atoms with Crippen molar-refractivity contribution < 1.29 is 22.0 Å². The molecule has 1 atom stereocenters. The minimum absolute atomic E-state index is 0.0905. The molecule has 2 N–H and O–H groups in total. The van der Waals surface area contributed by atoms with Crippen LogP contribution in [0.1, 0.15) is 53.5 Å². The van der Waals surface area contributed by atoms with Crippen molar-refractivity contribution in [2.75, 3.05) is 4.72 Å². The van der Waals surface area contributed by atoms with E-state index in [0.717, 1.165) is 13.1 Å². The molecule has 0 saturated heterocycles. The number of rotatable bonds is 9. The summed E-state index contributed by atoms with van der Waals surface area (Å²) in [5, 5.41) is 10.1. The summed E-state index contributed by atoms with van der Waals surface area (Å²) in [5.41, 5.74) is 1.72. The number of hydrogen-bond donors (Lipinski definition) is 2. The zero-order valence-electron chi connectivity index (χ0n) is 23.2. The summed E-state index contributed by atoms with van der Waals surface area (Å²) in [6.45, 7) is 14.2. The molecule has 3 aromatic rings. The molecule has 3 rings (SSSR count). The van der Waals surface area contributed by atoms with Crippen molar-refractivity contribution >= 4 is 34.6 Å². The molecule has 1 unspecified atom stereocenters. The molecule has 0 aliphatic rings. The van der Waals surface area contributed by atoms with Crippen molar-refractivity contribution in [2.45, 2.75) is 60.2 Å². The lowest BCUT2D eigenvalue weighted by Crippen LogP contribution is -2.36. The fourth-order valence-electron chi connectivity index (χ4n) is 3.26. The Kier molecular flexibility index (Phi) is 14.1. The van der Waals surface area contributed by atoms with Crippen LogP contribution in [0, 0.1) is 17.1 Å². The number of nitriles is 1. The van der Waals surface area contributed by atoms with Crippen LogP contribution in [0.25, 0.3) is 28.1 Å². The molecule has 0 saturated carbocycles. The number of alkyl halides is 3. The standard InChI is InChI=1S/C24H21F5N6S.2C2H6/c1-4-6-15(25)9-18(5-2)35-22(20(11-30)19-10-16(26)12-32-23(19)35)21-8-7-17(13-31-21)34-36-33-14(3)24(27,28)29;2*1-2/h4,6-10,12-14,33-34H,1,5H2,2-3H3;2*1-2H3/b15-6+,18-9+;;. The fourth-order valence-corrected chi connectivity index (χ4v) is 3.87. The fraction of sp³-hybridized carbons (Fsp3) is 0.321. The van der Waals surface area contributed by atoms with Gasteiger partial charge in [0.2, 0.25) is 0 Å². The van der Waals surface area contributed by atoms with Crippen molar-refractivity contribution in [1.82, 2.24) is 19.3 Å². The summed E-state index contributed by atoms with van der Waals surface area (Å²) >= 11 is 0.645. The summed E-state index contributed by atoms with van der Waals surface area (Å²) in [6.07, 6.45) is 2.03. The van der Waals surface area contributed by atoms with E-state index in [1.807, 2.05) is 27.7 Å². The Labute approximate surface area is 236 Å². The van der Waals surface area contributed by atoms with Crippen molar-refractivity contribution in [3.8, 4) is 17.5 Å². The summed E-state index contributed by atoms with van der Waals surface area (Å²) in [7, 11) is 0. The van der Waals surface area contributed by atoms with Gasteiger partial charge in [-0.05, 0) is 43.7 Å². The topological polar surface area (TPSA) is 78.6 Å². The van der Waals surface area contributed by atoms with E-state index < -0.39 is 23.9 Å². The molecule has 0 bridgehead atoms. The molecular formula is C28H33F5N6S. The minimum atomic E-state index is -4.39. The maximum Gasteiger partial charge on any atom is 0.404 e. The van der Waals surface area contributed by atoms with Crippen LogP contribution < -0.4 is 9.44 Å². The van der Waals surface area contributed by atoms with E-state index in [1.54, 1.807) is 23.6 Å². The lowest BCUT2D eigenvalue weighted by atomic mass is 10.1. The van der Waals surface area contributed by atoms with Crippen LogP contribution in [-0.2, 0) is 0 Å². The Morgan fingerprint density at radius 3 is 2.40 bits per heavy atom. The first kappa shape index (κ1) is 34.3. The van der Waals surface area contributed by atoms with E-state index >= 15 is 0 Å². The first-order valence-corrected chi connectivity index (χ1v) is 13.4. The highest BCUT2D eigenvalue weighted by molar-refractivity contribution is 7.98. The quantitative estimate of drug-likeness (QED) is 0.149.